The first-order valence-electron chi connectivity index (χ1n) is 4.11. The Morgan fingerprint density at radius 2 is 2.36 bits per heavy atom. The van der Waals surface area contributed by atoms with Gasteiger partial charge in [0.25, 0.3) is 0 Å². The van der Waals surface area contributed by atoms with Crippen LogP contribution >= 0.6 is 0 Å². The van der Waals surface area contributed by atoms with Crippen molar-refractivity contribution >= 4 is 0 Å². The van der Waals surface area contributed by atoms with Crippen LogP contribution in [0.2, 0.25) is 0 Å². The Balaban J connectivity index is 3.32. The lowest BCUT2D eigenvalue weighted by atomic mass is 10.2. The molecule has 0 atom stereocenters. The molecule has 2 nitrogen and oxygen atoms in total. The molecule has 0 saturated heterocycles. The third kappa shape index (κ3) is 5.63. The van der Waals surface area contributed by atoms with Gasteiger partial charge in [0.15, 0.2) is 0 Å². The fraction of sp³-hybridized carbons (Fsp3) is 0.667. The van der Waals surface area contributed by atoms with Crippen molar-refractivity contribution in [3.8, 4) is 6.07 Å². The van der Waals surface area contributed by atoms with Crippen molar-refractivity contribution in [2.45, 2.75) is 26.7 Å². The van der Waals surface area contributed by atoms with E-state index in [0.29, 0.717) is 6.54 Å². The molecule has 62 valence electrons. The number of nitrogens with zero attached hydrogens (tertiary/aromatic N) is 1. The second kappa shape index (κ2) is 7.30. The maximum absolute atomic E-state index is 8.52. The molecule has 0 radical (unpaired) electrons. The normalized spacial score (nSPS) is 11.2. The number of unbranched alkanes of at least 4 members (excludes halogenated alkanes) is 1. The zero-order chi connectivity index (χ0) is 8.53. The Labute approximate surface area is 68.9 Å². The molecule has 0 aromatic carbocycles. The molecule has 0 amide bonds. The molecule has 0 unspecified atom stereocenters. The molecule has 0 bridgehead atoms. The van der Waals surface area contributed by atoms with Gasteiger partial charge in [0.1, 0.15) is 0 Å². The van der Waals surface area contributed by atoms with Crippen molar-refractivity contribution in [2.24, 2.45) is 0 Å². The average Bonchev–Trinajstić information content (AvgIpc) is 2.05. The van der Waals surface area contributed by atoms with Gasteiger partial charge < -0.3 is 5.32 Å². The Hall–Kier alpha value is -0.810. The van der Waals surface area contributed by atoms with E-state index in [1.165, 1.54) is 12.8 Å². The van der Waals surface area contributed by atoms with Crippen LogP contribution in [0.4, 0.5) is 0 Å². The first-order valence-corrected chi connectivity index (χ1v) is 4.11. The molecule has 0 aliphatic carbocycles. The van der Waals surface area contributed by atoms with E-state index in [0.717, 1.165) is 12.1 Å². The summed E-state index contributed by atoms with van der Waals surface area (Å²) in [4.78, 5) is 0. The Morgan fingerprint density at radius 1 is 1.64 bits per heavy atom. The minimum Gasteiger partial charge on any atom is -0.312 e. The SMILES string of the molecule is C/C=C(\C#N)CNCCCC. The highest BCUT2D eigenvalue weighted by Gasteiger charge is 1.90. The lowest BCUT2D eigenvalue weighted by molar-refractivity contribution is 0.675. The number of hydrogen-bond donors (Lipinski definition) is 1. The number of nitrogens with one attached hydrogen (secondary N) is 1. The van der Waals surface area contributed by atoms with Crippen molar-refractivity contribution in [3.05, 3.63) is 11.6 Å². The standard InChI is InChI=1S/C9H16N2/c1-3-5-6-11-8-9(4-2)7-10/h4,11H,3,5-6,8H2,1-2H3/b9-4+. The summed E-state index contributed by atoms with van der Waals surface area (Å²) in [5, 5.41) is 11.7. The molecule has 0 aromatic heterocycles. The molecule has 0 aliphatic rings. The molecule has 1 N–H and O–H groups in total. The van der Waals surface area contributed by atoms with E-state index >= 15 is 0 Å². The first-order chi connectivity index (χ1) is 5.35. The van der Waals surface area contributed by atoms with Crippen molar-refractivity contribution < 1.29 is 0 Å². The van der Waals surface area contributed by atoms with Crippen LogP contribution in [-0.4, -0.2) is 13.1 Å². The summed E-state index contributed by atoms with van der Waals surface area (Å²) >= 11 is 0. The Kier molecular flexibility index (Phi) is 6.76. The van der Waals surface area contributed by atoms with Gasteiger partial charge in [0.05, 0.1) is 6.07 Å². The molecule has 0 spiro atoms. The highest BCUT2D eigenvalue weighted by molar-refractivity contribution is 5.20. The van der Waals surface area contributed by atoms with Gasteiger partial charge in [-0.3, -0.25) is 0 Å². The lowest BCUT2D eigenvalue weighted by Gasteiger charge is -2.00. The number of allylic oxidation sites excluding steroid dienone is 1. The van der Waals surface area contributed by atoms with E-state index < -0.39 is 0 Å². The predicted octanol–water partition coefficient (Wildman–Crippen LogP) is 1.85. The van der Waals surface area contributed by atoms with Gasteiger partial charge in [-0.15, -0.1) is 0 Å². The number of nitriles is 1. The van der Waals surface area contributed by atoms with E-state index in [1.54, 1.807) is 0 Å². The monoisotopic (exact) mass is 152 g/mol. The maximum atomic E-state index is 8.52. The molecule has 0 fully saturated rings. The molecule has 0 aromatic rings. The minimum atomic E-state index is 0.715. The van der Waals surface area contributed by atoms with Crippen LogP contribution in [0, 0.1) is 11.3 Å². The van der Waals surface area contributed by atoms with Crippen molar-refractivity contribution in [2.75, 3.05) is 13.1 Å². The summed E-state index contributed by atoms with van der Waals surface area (Å²) < 4.78 is 0. The van der Waals surface area contributed by atoms with Gasteiger partial charge >= 0.3 is 0 Å². The van der Waals surface area contributed by atoms with Gasteiger partial charge in [-0.1, -0.05) is 19.4 Å². The molecule has 0 saturated carbocycles. The second-order valence-corrected chi connectivity index (χ2v) is 2.46. The second-order valence-electron chi connectivity index (χ2n) is 2.46. The molecule has 0 aliphatic heterocycles. The van der Waals surface area contributed by atoms with Crippen molar-refractivity contribution in [1.82, 2.24) is 5.32 Å². The first kappa shape index (κ1) is 10.2. The number of rotatable bonds is 5. The van der Waals surface area contributed by atoms with Crippen LogP contribution in [0.25, 0.3) is 0 Å². The largest absolute Gasteiger partial charge is 0.312 e. The maximum Gasteiger partial charge on any atom is 0.0957 e. The summed E-state index contributed by atoms with van der Waals surface area (Å²) in [6.45, 7) is 5.77. The van der Waals surface area contributed by atoms with Crippen LogP contribution in [-0.2, 0) is 0 Å². The quantitative estimate of drug-likeness (QED) is 0.482. The zero-order valence-electron chi connectivity index (χ0n) is 7.35. The van der Waals surface area contributed by atoms with Gasteiger partial charge in [0, 0.05) is 12.1 Å². The molecular weight excluding hydrogens is 136 g/mol. The van der Waals surface area contributed by atoms with E-state index in [9.17, 15) is 0 Å². The Morgan fingerprint density at radius 3 is 2.82 bits per heavy atom. The van der Waals surface area contributed by atoms with Crippen LogP contribution in [0.3, 0.4) is 0 Å². The molecule has 0 heterocycles. The predicted molar refractivity (Wildman–Crippen MR) is 47.1 cm³/mol. The van der Waals surface area contributed by atoms with E-state index in [2.05, 4.69) is 18.3 Å². The highest BCUT2D eigenvalue weighted by atomic mass is 14.8. The van der Waals surface area contributed by atoms with Gasteiger partial charge in [0.2, 0.25) is 0 Å². The van der Waals surface area contributed by atoms with E-state index in [-0.39, 0.29) is 0 Å². The zero-order valence-corrected chi connectivity index (χ0v) is 7.35. The fourth-order valence-corrected chi connectivity index (χ4v) is 0.731. The smallest absolute Gasteiger partial charge is 0.0957 e. The number of hydrogen-bond acceptors (Lipinski definition) is 2. The van der Waals surface area contributed by atoms with Crippen LogP contribution < -0.4 is 5.32 Å². The van der Waals surface area contributed by atoms with Crippen LogP contribution in [0.1, 0.15) is 26.7 Å². The summed E-state index contributed by atoms with van der Waals surface area (Å²) in [6, 6.07) is 2.13. The summed E-state index contributed by atoms with van der Waals surface area (Å²) in [7, 11) is 0. The average molecular weight is 152 g/mol. The van der Waals surface area contributed by atoms with Gasteiger partial charge in [-0.25, -0.2) is 0 Å². The lowest BCUT2D eigenvalue weighted by Crippen LogP contribution is -2.17. The van der Waals surface area contributed by atoms with Crippen LogP contribution in [0.5, 0.6) is 0 Å². The van der Waals surface area contributed by atoms with Crippen LogP contribution in [0.15, 0.2) is 11.6 Å². The highest BCUT2D eigenvalue weighted by Crippen LogP contribution is 1.89. The van der Waals surface area contributed by atoms with Crippen molar-refractivity contribution in [3.63, 3.8) is 0 Å². The third-order valence-electron chi connectivity index (χ3n) is 1.51. The van der Waals surface area contributed by atoms with E-state index in [1.807, 2.05) is 13.0 Å². The summed E-state index contributed by atoms with van der Waals surface area (Å²) in [5.74, 6) is 0. The van der Waals surface area contributed by atoms with Crippen molar-refractivity contribution in [1.29, 1.82) is 5.26 Å². The Bertz CT molecular complexity index is 153. The molecule has 11 heavy (non-hydrogen) atoms. The van der Waals surface area contributed by atoms with Gasteiger partial charge in [-0.05, 0) is 19.9 Å². The minimum absolute atomic E-state index is 0.715. The van der Waals surface area contributed by atoms with Gasteiger partial charge in [-0.2, -0.15) is 5.26 Å². The van der Waals surface area contributed by atoms with E-state index in [4.69, 9.17) is 5.26 Å². The summed E-state index contributed by atoms with van der Waals surface area (Å²) in [5.41, 5.74) is 0.820. The topological polar surface area (TPSA) is 35.8 Å². The molecular formula is C9H16N2. The molecule has 2 heteroatoms. The summed E-state index contributed by atoms with van der Waals surface area (Å²) in [6.07, 6.45) is 4.23. The fourth-order valence-electron chi connectivity index (χ4n) is 0.731. The third-order valence-corrected chi connectivity index (χ3v) is 1.51. The molecule has 0 rings (SSSR count).